The van der Waals surface area contributed by atoms with Crippen molar-refractivity contribution in [2.45, 2.75) is 33.6 Å². The van der Waals surface area contributed by atoms with E-state index in [0.29, 0.717) is 11.1 Å². The summed E-state index contributed by atoms with van der Waals surface area (Å²) in [6, 6.07) is 5.08. The number of rotatable bonds is 6. The van der Waals surface area contributed by atoms with Crippen molar-refractivity contribution in [3.05, 3.63) is 34.9 Å². The van der Waals surface area contributed by atoms with E-state index in [0.717, 1.165) is 31.5 Å². The summed E-state index contributed by atoms with van der Waals surface area (Å²) in [6.07, 6.45) is 1.83. The van der Waals surface area contributed by atoms with E-state index < -0.39 is 5.91 Å². The Balaban J connectivity index is 3.06. The van der Waals surface area contributed by atoms with Crippen LogP contribution in [0.3, 0.4) is 0 Å². The number of benzene rings is 1. The van der Waals surface area contributed by atoms with E-state index in [1.165, 1.54) is 0 Å². The van der Waals surface area contributed by atoms with Crippen molar-refractivity contribution in [1.29, 1.82) is 0 Å². The number of nitrogens with two attached hydrogens (primary N) is 1. The zero-order valence-corrected chi connectivity index (χ0v) is 11.9. The first-order valence-corrected chi connectivity index (χ1v) is 6.70. The molecule has 1 rings (SSSR count). The van der Waals surface area contributed by atoms with Crippen LogP contribution in [0.1, 0.15) is 53.0 Å². The largest absolute Gasteiger partial charge is 0.366 e. The van der Waals surface area contributed by atoms with Crippen LogP contribution in [0.4, 0.5) is 0 Å². The van der Waals surface area contributed by atoms with Gasteiger partial charge >= 0.3 is 0 Å². The van der Waals surface area contributed by atoms with Crippen LogP contribution in [0.15, 0.2) is 18.2 Å². The third kappa shape index (κ3) is 4.09. The monoisotopic (exact) mass is 262 g/mol. The summed E-state index contributed by atoms with van der Waals surface area (Å²) in [5, 5.41) is 0. The van der Waals surface area contributed by atoms with Crippen molar-refractivity contribution in [3.63, 3.8) is 0 Å². The van der Waals surface area contributed by atoms with Gasteiger partial charge in [0.05, 0.1) is 0 Å². The summed E-state index contributed by atoms with van der Waals surface area (Å²) in [5.41, 5.74) is 7.07. The molecule has 0 fully saturated rings. The SMILES string of the molecule is CCCN(CCC)C(=O)c1cc(C)cc(C(N)=O)c1. The van der Waals surface area contributed by atoms with Gasteiger partial charge in [0.25, 0.3) is 5.91 Å². The van der Waals surface area contributed by atoms with Crippen LogP contribution in [0.25, 0.3) is 0 Å². The molecule has 0 spiro atoms. The number of aryl methyl sites for hydroxylation is 1. The second-order valence-corrected chi connectivity index (χ2v) is 4.74. The third-order valence-electron chi connectivity index (χ3n) is 2.88. The highest BCUT2D eigenvalue weighted by Gasteiger charge is 2.16. The molecule has 0 aliphatic carbocycles. The van der Waals surface area contributed by atoms with Gasteiger partial charge in [0.15, 0.2) is 0 Å². The summed E-state index contributed by atoms with van der Waals surface area (Å²) in [5.74, 6) is -0.537. The molecule has 2 N–H and O–H groups in total. The molecule has 0 aliphatic rings. The number of primary amides is 1. The second-order valence-electron chi connectivity index (χ2n) is 4.74. The van der Waals surface area contributed by atoms with Gasteiger partial charge < -0.3 is 10.6 Å². The zero-order valence-electron chi connectivity index (χ0n) is 11.9. The Bertz CT molecular complexity index is 463. The molecule has 0 radical (unpaired) electrons. The van der Waals surface area contributed by atoms with E-state index in [-0.39, 0.29) is 5.91 Å². The minimum atomic E-state index is -0.504. The molecule has 4 nitrogen and oxygen atoms in total. The van der Waals surface area contributed by atoms with Crippen molar-refractivity contribution in [1.82, 2.24) is 4.90 Å². The van der Waals surface area contributed by atoms with Gasteiger partial charge in [-0.3, -0.25) is 9.59 Å². The number of carbonyl (C=O) groups is 2. The standard InChI is InChI=1S/C15H22N2O2/c1-4-6-17(7-5-2)15(19)13-9-11(3)8-12(10-13)14(16)18/h8-10H,4-7H2,1-3H3,(H2,16,18). The number of hydrogen-bond acceptors (Lipinski definition) is 2. The molecule has 1 aromatic carbocycles. The molecule has 0 saturated heterocycles. The lowest BCUT2D eigenvalue weighted by molar-refractivity contribution is 0.0755. The van der Waals surface area contributed by atoms with E-state index in [4.69, 9.17) is 5.73 Å². The van der Waals surface area contributed by atoms with Crippen LogP contribution in [-0.4, -0.2) is 29.8 Å². The van der Waals surface area contributed by atoms with Gasteiger partial charge in [0.2, 0.25) is 5.91 Å². The van der Waals surface area contributed by atoms with E-state index in [1.54, 1.807) is 18.2 Å². The summed E-state index contributed by atoms with van der Waals surface area (Å²) in [6.45, 7) is 7.40. The number of amides is 2. The Morgan fingerprint density at radius 2 is 1.58 bits per heavy atom. The van der Waals surface area contributed by atoms with Crippen LogP contribution in [0.2, 0.25) is 0 Å². The molecule has 0 saturated carbocycles. The lowest BCUT2D eigenvalue weighted by Crippen LogP contribution is -2.32. The highest BCUT2D eigenvalue weighted by Crippen LogP contribution is 2.13. The second kappa shape index (κ2) is 6.92. The molecule has 4 heteroatoms. The predicted molar refractivity (Wildman–Crippen MR) is 76.2 cm³/mol. The van der Waals surface area contributed by atoms with Gasteiger partial charge in [-0.25, -0.2) is 0 Å². The smallest absolute Gasteiger partial charge is 0.253 e. The number of carbonyl (C=O) groups excluding carboxylic acids is 2. The third-order valence-corrected chi connectivity index (χ3v) is 2.88. The maximum atomic E-state index is 12.4. The summed E-state index contributed by atoms with van der Waals surface area (Å²) in [7, 11) is 0. The van der Waals surface area contributed by atoms with Crippen molar-refractivity contribution in [2.75, 3.05) is 13.1 Å². The van der Waals surface area contributed by atoms with Gasteiger partial charge in [-0.1, -0.05) is 13.8 Å². The summed E-state index contributed by atoms with van der Waals surface area (Å²) >= 11 is 0. The Labute approximate surface area is 114 Å². The first-order chi connectivity index (χ1) is 8.99. The molecular formula is C15H22N2O2. The van der Waals surface area contributed by atoms with Gasteiger partial charge in [-0.05, 0) is 43.5 Å². The van der Waals surface area contributed by atoms with E-state index in [1.807, 2.05) is 25.7 Å². The van der Waals surface area contributed by atoms with Crippen molar-refractivity contribution in [3.8, 4) is 0 Å². The quantitative estimate of drug-likeness (QED) is 0.855. The number of hydrogen-bond donors (Lipinski definition) is 1. The Kier molecular flexibility index (Phi) is 5.55. The van der Waals surface area contributed by atoms with Crippen molar-refractivity contribution < 1.29 is 9.59 Å². The number of nitrogens with zero attached hydrogens (tertiary/aromatic N) is 1. The maximum Gasteiger partial charge on any atom is 0.253 e. The summed E-state index contributed by atoms with van der Waals surface area (Å²) in [4.78, 5) is 25.5. The van der Waals surface area contributed by atoms with Crippen LogP contribution in [0, 0.1) is 6.92 Å². The average Bonchev–Trinajstić information content (AvgIpc) is 2.37. The van der Waals surface area contributed by atoms with Crippen LogP contribution in [-0.2, 0) is 0 Å². The van der Waals surface area contributed by atoms with E-state index in [9.17, 15) is 9.59 Å². The van der Waals surface area contributed by atoms with Gasteiger partial charge in [-0.2, -0.15) is 0 Å². The zero-order chi connectivity index (χ0) is 14.4. The predicted octanol–water partition coefficient (Wildman–Crippen LogP) is 2.36. The first-order valence-electron chi connectivity index (χ1n) is 6.70. The normalized spacial score (nSPS) is 10.3. The molecular weight excluding hydrogens is 240 g/mol. The molecule has 1 aromatic rings. The molecule has 104 valence electrons. The molecule has 19 heavy (non-hydrogen) atoms. The van der Waals surface area contributed by atoms with Crippen molar-refractivity contribution >= 4 is 11.8 Å². The van der Waals surface area contributed by atoms with Gasteiger partial charge in [0, 0.05) is 24.2 Å². The van der Waals surface area contributed by atoms with Crippen molar-refractivity contribution in [2.24, 2.45) is 5.73 Å². The highest BCUT2D eigenvalue weighted by molar-refractivity contribution is 5.99. The highest BCUT2D eigenvalue weighted by atomic mass is 16.2. The molecule has 0 unspecified atom stereocenters. The Morgan fingerprint density at radius 3 is 2.05 bits per heavy atom. The maximum absolute atomic E-state index is 12.4. The minimum Gasteiger partial charge on any atom is -0.366 e. The molecule has 0 heterocycles. The Morgan fingerprint density at radius 1 is 1.05 bits per heavy atom. The molecule has 2 amide bonds. The van der Waals surface area contributed by atoms with Crippen LogP contribution >= 0.6 is 0 Å². The lowest BCUT2D eigenvalue weighted by Gasteiger charge is -2.22. The molecule has 0 bridgehead atoms. The minimum absolute atomic E-state index is 0.0325. The Hall–Kier alpha value is -1.84. The molecule has 0 atom stereocenters. The van der Waals surface area contributed by atoms with Gasteiger partial charge in [-0.15, -0.1) is 0 Å². The summed E-state index contributed by atoms with van der Waals surface area (Å²) < 4.78 is 0. The fourth-order valence-electron chi connectivity index (χ4n) is 2.09. The fraction of sp³-hybridized carbons (Fsp3) is 0.467. The van der Waals surface area contributed by atoms with E-state index in [2.05, 4.69) is 0 Å². The average molecular weight is 262 g/mol. The van der Waals surface area contributed by atoms with Crippen LogP contribution in [0.5, 0.6) is 0 Å². The fourth-order valence-corrected chi connectivity index (χ4v) is 2.09. The first kappa shape index (κ1) is 15.2. The molecule has 0 aromatic heterocycles. The molecule has 0 aliphatic heterocycles. The van der Waals surface area contributed by atoms with Gasteiger partial charge in [0.1, 0.15) is 0 Å². The lowest BCUT2D eigenvalue weighted by atomic mass is 10.0. The van der Waals surface area contributed by atoms with E-state index >= 15 is 0 Å². The van der Waals surface area contributed by atoms with Crippen LogP contribution < -0.4 is 5.73 Å². The topological polar surface area (TPSA) is 63.4 Å².